The molecule has 1 rings (SSSR count). The van der Waals surface area contributed by atoms with E-state index in [9.17, 15) is 0 Å². The number of aromatic nitrogens is 2. The summed E-state index contributed by atoms with van der Waals surface area (Å²) in [5.74, 6) is 0.810. The average molecular weight is 137 g/mol. The molecule has 1 aromatic rings. The molecule has 3 N–H and O–H groups in total. The number of hydrogen-bond acceptors (Lipinski definition) is 3. The Morgan fingerprint density at radius 2 is 2.50 bits per heavy atom. The zero-order valence-corrected chi connectivity index (χ0v) is 5.70. The van der Waals surface area contributed by atoms with Crippen LogP contribution in [0.1, 0.15) is 5.56 Å². The van der Waals surface area contributed by atoms with Gasteiger partial charge < -0.3 is 5.41 Å². The van der Waals surface area contributed by atoms with Crippen molar-refractivity contribution in [3.8, 4) is 0 Å². The van der Waals surface area contributed by atoms with Crippen molar-refractivity contribution in [1.29, 1.82) is 5.41 Å². The van der Waals surface area contributed by atoms with Crippen LogP contribution < -0.4 is 5.32 Å². The second-order valence-corrected chi connectivity index (χ2v) is 1.80. The second kappa shape index (κ2) is 3.03. The van der Waals surface area contributed by atoms with Crippen LogP contribution in [0.3, 0.4) is 0 Å². The van der Waals surface area contributed by atoms with Crippen LogP contribution in [0.5, 0.6) is 0 Å². The maximum absolute atomic E-state index is 6.96. The van der Waals surface area contributed by atoms with Crippen LogP contribution in [-0.2, 0) is 0 Å². The molecule has 10 heavy (non-hydrogen) atoms. The fourth-order valence-corrected chi connectivity index (χ4v) is 0.702. The van der Waals surface area contributed by atoms with Gasteiger partial charge in [0.25, 0.3) is 0 Å². The standard InChI is InChI=1S/C6H8N4/c1-8-6-5(2-7)3-9-4-10-6/h2-4,7H,1H3,(H,8,9,10)/p+1. The minimum absolute atomic E-state index is 0.755. The first-order valence-corrected chi connectivity index (χ1v) is 2.98. The van der Waals surface area contributed by atoms with E-state index in [1.54, 1.807) is 6.20 Å². The van der Waals surface area contributed by atoms with Gasteiger partial charge in [0.15, 0.2) is 0 Å². The molecule has 1 aromatic heterocycles. The molecule has 0 fully saturated rings. The van der Waals surface area contributed by atoms with Crippen LogP contribution >= 0.6 is 0 Å². The van der Waals surface area contributed by atoms with Gasteiger partial charge in [-0.2, -0.15) is 4.98 Å². The van der Waals surface area contributed by atoms with Gasteiger partial charge in [0, 0.05) is 12.4 Å². The van der Waals surface area contributed by atoms with Crippen LogP contribution in [0.15, 0.2) is 12.5 Å². The van der Waals surface area contributed by atoms with E-state index in [0.717, 1.165) is 11.4 Å². The number of nitrogens with two attached hydrogens (primary N) is 1. The number of nitrogens with zero attached hydrogens (tertiary/aromatic N) is 2. The highest BCUT2D eigenvalue weighted by Crippen LogP contribution is 1.97. The molecule has 0 aliphatic heterocycles. The molecule has 0 atom stereocenters. The van der Waals surface area contributed by atoms with Gasteiger partial charge in [0.05, 0.1) is 12.6 Å². The van der Waals surface area contributed by atoms with Gasteiger partial charge in [-0.25, -0.2) is 4.98 Å². The zero-order valence-electron chi connectivity index (χ0n) is 5.70. The average Bonchev–Trinajstić information content (AvgIpc) is 2.04. The van der Waals surface area contributed by atoms with Crippen molar-refractivity contribution in [3.05, 3.63) is 18.1 Å². The zero-order chi connectivity index (χ0) is 7.40. The molecule has 4 nitrogen and oxygen atoms in total. The maximum Gasteiger partial charge on any atom is 0.236 e. The van der Waals surface area contributed by atoms with E-state index in [1.807, 2.05) is 12.4 Å². The summed E-state index contributed by atoms with van der Waals surface area (Å²) in [7, 11) is 1.88. The molecule has 52 valence electrons. The largest absolute Gasteiger partial charge is 0.308 e. The van der Waals surface area contributed by atoms with E-state index in [-0.39, 0.29) is 0 Å². The molecule has 0 saturated heterocycles. The number of quaternary nitrogens is 1. The van der Waals surface area contributed by atoms with Gasteiger partial charge in [-0.15, -0.1) is 0 Å². The summed E-state index contributed by atoms with van der Waals surface area (Å²) in [6.45, 7) is 0. The van der Waals surface area contributed by atoms with Crippen molar-refractivity contribution in [2.75, 3.05) is 7.05 Å². The monoisotopic (exact) mass is 137 g/mol. The van der Waals surface area contributed by atoms with Gasteiger partial charge in [-0.05, 0) is 0 Å². The lowest BCUT2D eigenvalue weighted by Crippen LogP contribution is -2.73. The molecule has 0 saturated carbocycles. The van der Waals surface area contributed by atoms with E-state index in [1.165, 1.54) is 12.5 Å². The summed E-state index contributed by atoms with van der Waals surface area (Å²) in [4.78, 5) is 7.73. The van der Waals surface area contributed by atoms with Crippen molar-refractivity contribution < 1.29 is 5.32 Å². The Kier molecular flexibility index (Phi) is 2.07. The van der Waals surface area contributed by atoms with Crippen LogP contribution in [0.4, 0.5) is 5.82 Å². The van der Waals surface area contributed by atoms with Crippen molar-refractivity contribution in [3.63, 3.8) is 0 Å². The Balaban J connectivity index is 3.08. The number of hydrogen-bond donors (Lipinski definition) is 2. The molecule has 0 spiro atoms. The first kappa shape index (κ1) is 6.82. The Hall–Kier alpha value is -1.29. The molecule has 1 heterocycles. The minimum Gasteiger partial charge on any atom is -0.308 e. The van der Waals surface area contributed by atoms with Gasteiger partial charge in [-0.3, -0.25) is 5.32 Å². The van der Waals surface area contributed by atoms with Crippen LogP contribution in [-0.4, -0.2) is 23.2 Å². The first-order valence-electron chi connectivity index (χ1n) is 2.98. The second-order valence-electron chi connectivity index (χ2n) is 1.80. The lowest BCUT2D eigenvalue weighted by molar-refractivity contribution is -0.543. The van der Waals surface area contributed by atoms with Crippen LogP contribution in [0.25, 0.3) is 0 Å². The summed E-state index contributed by atoms with van der Waals surface area (Å²) in [5, 5.41) is 8.81. The van der Waals surface area contributed by atoms with Crippen LogP contribution in [0, 0.1) is 5.41 Å². The summed E-state index contributed by atoms with van der Waals surface area (Å²) < 4.78 is 0. The molecule has 0 amide bonds. The van der Waals surface area contributed by atoms with E-state index in [4.69, 9.17) is 5.41 Å². The van der Waals surface area contributed by atoms with E-state index < -0.39 is 0 Å². The van der Waals surface area contributed by atoms with Crippen molar-refractivity contribution in [1.82, 2.24) is 9.97 Å². The smallest absolute Gasteiger partial charge is 0.236 e. The molecule has 0 radical (unpaired) electrons. The van der Waals surface area contributed by atoms with Crippen molar-refractivity contribution >= 4 is 12.0 Å². The lowest BCUT2D eigenvalue weighted by Gasteiger charge is -1.94. The fourth-order valence-electron chi connectivity index (χ4n) is 0.702. The quantitative estimate of drug-likeness (QED) is 0.529. The Labute approximate surface area is 58.8 Å². The Bertz CT molecular complexity index is 233. The van der Waals surface area contributed by atoms with Crippen molar-refractivity contribution in [2.24, 2.45) is 0 Å². The normalized spacial score (nSPS) is 9.30. The van der Waals surface area contributed by atoms with Gasteiger partial charge in [0.1, 0.15) is 6.33 Å². The predicted octanol–water partition coefficient (Wildman–Crippen LogP) is -0.701. The molecule has 4 heteroatoms. The molecule has 0 aliphatic rings. The summed E-state index contributed by atoms with van der Waals surface area (Å²) in [6, 6.07) is 0. The lowest BCUT2D eigenvalue weighted by atomic mass is 10.3. The molecule has 0 aliphatic carbocycles. The molecular weight excluding hydrogens is 128 g/mol. The molecule has 0 unspecified atom stereocenters. The van der Waals surface area contributed by atoms with Crippen LogP contribution in [0.2, 0.25) is 0 Å². The summed E-state index contributed by atoms with van der Waals surface area (Å²) in [5.41, 5.74) is 0.755. The SMILES string of the molecule is C[NH2+]c1ncncc1C=N. The van der Waals surface area contributed by atoms with E-state index >= 15 is 0 Å². The first-order chi connectivity index (χ1) is 4.88. The van der Waals surface area contributed by atoms with Gasteiger partial charge in [-0.1, -0.05) is 0 Å². The predicted molar refractivity (Wildman–Crippen MR) is 37.4 cm³/mol. The number of rotatable bonds is 2. The third-order valence-corrected chi connectivity index (χ3v) is 1.20. The topological polar surface area (TPSA) is 66.2 Å². The van der Waals surface area contributed by atoms with Crippen molar-refractivity contribution in [2.45, 2.75) is 0 Å². The maximum atomic E-state index is 6.96. The summed E-state index contributed by atoms with van der Waals surface area (Å²) >= 11 is 0. The highest BCUT2D eigenvalue weighted by atomic mass is 15.0. The molecular formula is C6H9N4+. The fraction of sp³-hybridized carbons (Fsp3) is 0.167. The Morgan fingerprint density at radius 1 is 1.70 bits per heavy atom. The van der Waals surface area contributed by atoms with E-state index in [2.05, 4.69) is 9.97 Å². The van der Waals surface area contributed by atoms with E-state index in [0.29, 0.717) is 0 Å². The third-order valence-electron chi connectivity index (χ3n) is 1.20. The number of nitrogens with one attached hydrogen (secondary N) is 1. The summed E-state index contributed by atoms with van der Waals surface area (Å²) in [6.07, 6.45) is 4.34. The van der Waals surface area contributed by atoms with Gasteiger partial charge in [0.2, 0.25) is 5.82 Å². The molecule has 0 bridgehead atoms. The highest BCUT2D eigenvalue weighted by Gasteiger charge is 2.00. The minimum atomic E-state index is 0.755. The molecule has 0 aromatic carbocycles. The third kappa shape index (κ3) is 1.16. The Morgan fingerprint density at radius 3 is 3.00 bits per heavy atom. The van der Waals surface area contributed by atoms with Gasteiger partial charge >= 0.3 is 0 Å². The highest BCUT2D eigenvalue weighted by molar-refractivity contribution is 5.80.